The average molecular weight is 304 g/mol. The molecule has 0 atom stereocenters. The molecule has 0 aliphatic heterocycles. The van der Waals surface area contributed by atoms with Crippen molar-refractivity contribution in [2.24, 2.45) is 0 Å². The maximum atomic E-state index is 11.7. The third kappa shape index (κ3) is 2.98. The highest BCUT2D eigenvalue weighted by Crippen LogP contribution is 2.25. The number of halogens is 1. The minimum absolute atomic E-state index is 0.236. The molecular weight excluding hydrogens is 294 g/mol. The predicted molar refractivity (Wildman–Crippen MR) is 71.8 cm³/mol. The van der Waals surface area contributed by atoms with Gasteiger partial charge >= 0.3 is 0 Å². The van der Waals surface area contributed by atoms with Crippen LogP contribution >= 0.6 is 23.1 Å². The highest BCUT2D eigenvalue weighted by Gasteiger charge is 2.15. The number of nitrogens with zero attached hydrogens (tertiary/aromatic N) is 2. The summed E-state index contributed by atoms with van der Waals surface area (Å²) >= 11 is 7.24. The topological polar surface area (TPSA) is 72.0 Å². The zero-order chi connectivity index (χ0) is 13.2. The molecule has 2 aromatic rings. The summed E-state index contributed by atoms with van der Waals surface area (Å²) in [6.07, 6.45) is 2.73. The van der Waals surface area contributed by atoms with Crippen LogP contribution in [0.15, 0.2) is 29.3 Å². The van der Waals surface area contributed by atoms with E-state index in [-0.39, 0.29) is 4.90 Å². The van der Waals surface area contributed by atoms with Crippen molar-refractivity contribution in [2.75, 3.05) is 11.6 Å². The van der Waals surface area contributed by atoms with Gasteiger partial charge in [-0.1, -0.05) is 22.2 Å². The summed E-state index contributed by atoms with van der Waals surface area (Å²) in [5.41, 5.74) is 0.551. The van der Waals surface area contributed by atoms with E-state index in [4.69, 9.17) is 11.6 Å². The summed E-state index contributed by atoms with van der Waals surface area (Å²) in [4.78, 5) is 0.236. The summed E-state index contributed by atoms with van der Waals surface area (Å²) in [5.74, 6) is 0. The van der Waals surface area contributed by atoms with Gasteiger partial charge < -0.3 is 5.32 Å². The van der Waals surface area contributed by atoms with E-state index in [2.05, 4.69) is 14.9 Å². The molecule has 0 aliphatic carbocycles. The fraction of sp³-hybridized carbons (Fsp3) is 0.200. The van der Waals surface area contributed by atoms with E-state index in [0.717, 1.165) is 11.3 Å². The smallest absolute Gasteiger partial charge is 0.175 e. The number of benzene rings is 1. The molecule has 0 saturated carbocycles. The van der Waals surface area contributed by atoms with Gasteiger partial charge in [0.05, 0.1) is 11.1 Å². The SMILES string of the molecule is CS(=O)(=O)c1cccc(Cl)c1CNc1cnns1. The van der Waals surface area contributed by atoms with E-state index in [1.165, 1.54) is 11.5 Å². The van der Waals surface area contributed by atoms with E-state index in [0.29, 0.717) is 17.1 Å². The molecular formula is C10H10ClN3O2S2. The van der Waals surface area contributed by atoms with Gasteiger partial charge in [0.2, 0.25) is 0 Å². The van der Waals surface area contributed by atoms with Gasteiger partial charge in [0, 0.05) is 34.9 Å². The summed E-state index contributed by atoms with van der Waals surface area (Å²) < 4.78 is 27.0. The van der Waals surface area contributed by atoms with Gasteiger partial charge in [-0.05, 0) is 12.1 Å². The highest BCUT2D eigenvalue weighted by molar-refractivity contribution is 7.90. The summed E-state index contributed by atoms with van der Waals surface area (Å²) in [7, 11) is -3.30. The summed E-state index contributed by atoms with van der Waals surface area (Å²) in [6.45, 7) is 0.311. The van der Waals surface area contributed by atoms with Crippen LogP contribution in [0.4, 0.5) is 5.00 Å². The number of rotatable bonds is 4. The van der Waals surface area contributed by atoms with Gasteiger partial charge in [0.25, 0.3) is 0 Å². The van der Waals surface area contributed by atoms with Crippen LogP contribution in [0.1, 0.15) is 5.56 Å². The number of aromatic nitrogens is 2. The zero-order valence-corrected chi connectivity index (χ0v) is 11.8. The lowest BCUT2D eigenvalue weighted by atomic mass is 10.2. The van der Waals surface area contributed by atoms with Gasteiger partial charge in [0.15, 0.2) is 9.84 Å². The first-order valence-corrected chi connectivity index (χ1v) is 8.01. The highest BCUT2D eigenvalue weighted by atomic mass is 35.5. The second-order valence-corrected chi connectivity index (χ2v) is 6.80. The maximum absolute atomic E-state index is 11.7. The van der Waals surface area contributed by atoms with E-state index in [9.17, 15) is 8.42 Å². The van der Waals surface area contributed by atoms with Gasteiger partial charge in [-0.15, -0.1) is 5.10 Å². The molecule has 5 nitrogen and oxygen atoms in total. The molecule has 0 bridgehead atoms. The lowest BCUT2D eigenvalue weighted by molar-refractivity contribution is 0.601. The molecule has 1 heterocycles. The molecule has 0 amide bonds. The zero-order valence-electron chi connectivity index (χ0n) is 9.42. The Morgan fingerprint density at radius 1 is 1.44 bits per heavy atom. The van der Waals surface area contributed by atoms with Crippen molar-refractivity contribution in [1.29, 1.82) is 0 Å². The van der Waals surface area contributed by atoms with Crippen LogP contribution in [0.25, 0.3) is 0 Å². The number of nitrogens with one attached hydrogen (secondary N) is 1. The molecule has 0 saturated heterocycles. The van der Waals surface area contributed by atoms with Crippen molar-refractivity contribution in [3.8, 4) is 0 Å². The number of anilines is 1. The van der Waals surface area contributed by atoms with E-state index in [1.54, 1.807) is 24.4 Å². The molecule has 0 radical (unpaired) electrons. The fourth-order valence-electron chi connectivity index (χ4n) is 1.48. The summed E-state index contributed by atoms with van der Waals surface area (Å²) in [6, 6.07) is 4.83. The van der Waals surface area contributed by atoms with Crippen LogP contribution in [0.2, 0.25) is 5.02 Å². The minimum atomic E-state index is -3.30. The van der Waals surface area contributed by atoms with E-state index in [1.807, 2.05) is 0 Å². The lowest BCUT2D eigenvalue weighted by Crippen LogP contribution is -2.07. The Hall–Kier alpha value is -1.18. The molecule has 0 aliphatic rings. The normalized spacial score (nSPS) is 11.4. The molecule has 0 spiro atoms. The molecule has 18 heavy (non-hydrogen) atoms. The largest absolute Gasteiger partial charge is 0.370 e. The first kappa shape index (κ1) is 13.3. The third-order valence-corrected chi connectivity index (χ3v) is 4.43. The molecule has 1 aromatic carbocycles. The first-order chi connectivity index (χ1) is 8.48. The Labute approximate surface area is 114 Å². The molecule has 2 rings (SSSR count). The minimum Gasteiger partial charge on any atom is -0.370 e. The molecule has 1 N–H and O–H groups in total. The van der Waals surface area contributed by atoms with Crippen molar-refractivity contribution >= 4 is 38.0 Å². The Morgan fingerprint density at radius 2 is 2.22 bits per heavy atom. The molecule has 8 heteroatoms. The Kier molecular flexibility index (Phi) is 3.84. The van der Waals surface area contributed by atoms with Crippen molar-refractivity contribution in [2.45, 2.75) is 11.4 Å². The van der Waals surface area contributed by atoms with E-state index < -0.39 is 9.84 Å². The lowest BCUT2D eigenvalue weighted by Gasteiger charge is -2.10. The van der Waals surface area contributed by atoms with Crippen molar-refractivity contribution < 1.29 is 8.42 Å². The van der Waals surface area contributed by atoms with Crippen molar-refractivity contribution in [3.05, 3.63) is 35.0 Å². The maximum Gasteiger partial charge on any atom is 0.175 e. The Balaban J connectivity index is 2.32. The van der Waals surface area contributed by atoms with Crippen LogP contribution in [-0.4, -0.2) is 24.3 Å². The van der Waals surface area contributed by atoms with Crippen molar-refractivity contribution in [1.82, 2.24) is 9.59 Å². The first-order valence-electron chi connectivity index (χ1n) is 4.97. The standard InChI is InChI=1S/C10H10ClN3O2S2/c1-18(15,16)9-4-2-3-8(11)7(9)5-12-10-6-13-14-17-10/h2-4,6,12H,5H2,1H3. The summed E-state index contributed by atoms with van der Waals surface area (Å²) in [5, 5.41) is 7.90. The van der Waals surface area contributed by atoms with Crippen molar-refractivity contribution in [3.63, 3.8) is 0 Å². The van der Waals surface area contributed by atoms with Crippen LogP contribution in [-0.2, 0) is 16.4 Å². The van der Waals surface area contributed by atoms with E-state index >= 15 is 0 Å². The van der Waals surface area contributed by atoms with Crippen LogP contribution in [0.5, 0.6) is 0 Å². The molecule has 0 unspecified atom stereocenters. The average Bonchev–Trinajstić information content (AvgIpc) is 2.78. The second kappa shape index (κ2) is 5.21. The predicted octanol–water partition coefficient (Wildman–Crippen LogP) is 2.21. The third-order valence-electron chi connectivity index (χ3n) is 2.28. The quantitative estimate of drug-likeness (QED) is 0.937. The number of sulfone groups is 1. The fourth-order valence-corrected chi connectivity index (χ4v) is 3.14. The van der Waals surface area contributed by atoms with Gasteiger partial charge in [0.1, 0.15) is 5.00 Å². The number of hydrogen-bond acceptors (Lipinski definition) is 6. The molecule has 96 valence electrons. The monoisotopic (exact) mass is 303 g/mol. The van der Waals surface area contributed by atoms with Crippen LogP contribution < -0.4 is 5.32 Å². The Morgan fingerprint density at radius 3 is 2.83 bits per heavy atom. The second-order valence-electron chi connectivity index (χ2n) is 3.62. The molecule has 0 fully saturated rings. The van der Waals surface area contributed by atoms with Crippen LogP contribution in [0.3, 0.4) is 0 Å². The molecule has 1 aromatic heterocycles. The van der Waals surface area contributed by atoms with Gasteiger partial charge in [-0.2, -0.15) is 0 Å². The Bertz CT molecular complexity index is 641. The van der Waals surface area contributed by atoms with Gasteiger partial charge in [-0.25, -0.2) is 8.42 Å². The van der Waals surface area contributed by atoms with Crippen LogP contribution in [0, 0.1) is 0 Å². The number of hydrogen-bond donors (Lipinski definition) is 1. The van der Waals surface area contributed by atoms with Gasteiger partial charge in [-0.3, -0.25) is 0 Å².